The molecule has 0 saturated carbocycles. The Hall–Kier alpha value is -2.77. The van der Waals surface area contributed by atoms with Gasteiger partial charge >= 0.3 is 0 Å². The number of thiocarbonyl (C=S) groups is 1. The van der Waals surface area contributed by atoms with E-state index in [0.717, 1.165) is 35.8 Å². The van der Waals surface area contributed by atoms with Crippen LogP contribution in [-0.4, -0.2) is 29.5 Å². The average molecular weight is 417 g/mol. The molecule has 1 aliphatic rings. The number of benzene rings is 2. The van der Waals surface area contributed by atoms with Gasteiger partial charge in [0.25, 0.3) is 0 Å². The Morgan fingerprint density at radius 2 is 1.68 bits per heavy atom. The summed E-state index contributed by atoms with van der Waals surface area (Å²) in [5.74, 6) is 1.39. The Labute approximate surface area is 174 Å². The van der Waals surface area contributed by atoms with Crippen molar-refractivity contribution in [1.82, 2.24) is 4.90 Å². The lowest BCUT2D eigenvalue weighted by atomic mass is 10.2. The monoisotopic (exact) mass is 416 g/mol. The number of carbonyl (C=O) groups is 1. The molecule has 0 spiro atoms. The quantitative estimate of drug-likeness (QED) is 0.616. The van der Waals surface area contributed by atoms with Crippen molar-refractivity contribution >= 4 is 51.9 Å². The van der Waals surface area contributed by atoms with Gasteiger partial charge in [-0.25, -0.2) is 0 Å². The fourth-order valence-electron chi connectivity index (χ4n) is 2.68. The molecular weight excluding hydrogens is 396 g/mol. The normalized spacial score (nSPS) is 13.0. The zero-order valence-corrected chi connectivity index (χ0v) is 17.2. The van der Waals surface area contributed by atoms with Crippen LogP contribution in [0.15, 0.2) is 54.4 Å². The van der Waals surface area contributed by atoms with E-state index in [9.17, 15) is 4.79 Å². The predicted molar refractivity (Wildman–Crippen MR) is 118 cm³/mol. The van der Waals surface area contributed by atoms with Gasteiger partial charge in [0, 0.05) is 50.2 Å². The highest BCUT2D eigenvalue weighted by Gasteiger charge is 2.13. The van der Waals surface area contributed by atoms with Gasteiger partial charge in [0.2, 0.25) is 5.91 Å². The van der Waals surface area contributed by atoms with Crippen molar-refractivity contribution in [2.75, 3.05) is 29.5 Å². The molecule has 1 amide bonds. The summed E-state index contributed by atoms with van der Waals surface area (Å²) in [7, 11) is 2.01. The molecule has 8 heteroatoms. The molecular formula is C20H21ClN4O2S. The van der Waals surface area contributed by atoms with E-state index in [2.05, 4.69) is 20.9 Å². The molecule has 0 unspecified atom stereocenters. The molecule has 0 aliphatic carbocycles. The second-order valence-electron chi connectivity index (χ2n) is 6.41. The highest BCUT2D eigenvalue weighted by molar-refractivity contribution is 7.80. The minimum Gasteiger partial charge on any atom is -0.459 e. The van der Waals surface area contributed by atoms with Crippen LogP contribution < -0.4 is 20.7 Å². The maximum absolute atomic E-state index is 11.1. The van der Waals surface area contributed by atoms with Crippen molar-refractivity contribution in [2.24, 2.45) is 0 Å². The van der Waals surface area contributed by atoms with Gasteiger partial charge in [-0.05, 0) is 54.7 Å². The molecule has 0 saturated heterocycles. The molecule has 3 rings (SSSR count). The third-order valence-corrected chi connectivity index (χ3v) is 4.47. The summed E-state index contributed by atoms with van der Waals surface area (Å²) in [6.45, 7) is 2.41. The predicted octanol–water partition coefficient (Wildman–Crippen LogP) is 4.66. The van der Waals surface area contributed by atoms with E-state index in [1.165, 1.54) is 6.92 Å². The summed E-state index contributed by atoms with van der Waals surface area (Å²) in [6, 6.07) is 12.7. The molecule has 1 aliphatic heterocycles. The first kappa shape index (κ1) is 20.0. The third-order valence-electron chi connectivity index (χ3n) is 3.97. The van der Waals surface area contributed by atoms with Gasteiger partial charge in [0.1, 0.15) is 11.5 Å². The molecule has 0 bridgehead atoms. The molecule has 6 nitrogen and oxygen atoms in total. The van der Waals surface area contributed by atoms with Crippen LogP contribution in [0.5, 0.6) is 5.75 Å². The van der Waals surface area contributed by atoms with E-state index >= 15 is 0 Å². The average Bonchev–Trinajstić information content (AvgIpc) is 3.03. The van der Waals surface area contributed by atoms with E-state index in [1.54, 1.807) is 18.2 Å². The molecule has 146 valence electrons. The lowest BCUT2D eigenvalue weighted by molar-refractivity contribution is -0.114. The third kappa shape index (κ3) is 5.61. The number of rotatable bonds is 5. The second-order valence-corrected chi connectivity index (χ2v) is 7.23. The number of halogens is 1. The summed E-state index contributed by atoms with van der Waals surface area (Å²) < 4.78 is 5.85. The fraction of sp³-hybridized carbons (Fsp3) is 0.200. The topological polar surface area (TPSA) is 65.6 Å². The first-order chi connectivity index (χ1) is 13.4. The largest absolute Gasteiger partial charge is 0.459 e. The zero-order valence-electron chi connectivity index (χ0n) is 15.6. The number of nitrogens with zero attached hydrogens (tertiary/aromatic N) is 1. The highest BCUT2D eigenvalue weighted by atomic mass is 35.5. The molecule has 1 heterocycles. The van der Waals surface area contributed by atoms with E-state index in [-0.39, 0.29) is 5.91 Å². The van der Waals surface area contributed by atoms with Gasteiger partial charge < -0.3 is 25.6 Å². The summed E-state index contributed by atoms with van der Waals surface area (Å²) in [6.07, 6.45) is 2.83. The van der Waals surface area contributed by atoms with E-state index in [0.29, 0.717) is 15.9 Å². The first-order valence-corrected chi connectivity index (χ1v) is 9.51. The highest BCUT2D eigenvalue weighted by Crippen LogP contribution is 2.30. The number of anilines is 3. The van der Waals surface area contributed by atoms with Crippen molar-refractivity contribution in [3.8, 4) is 5.75 Å². The molecule has 0 radical (unpaired) electrons. The van der Waals surface area contributed by atoms with Crippen molar-refractivity contribution in [1.29, 1.82) is 0 Å². The standard InChI is InChI=1S/C20H21ClN4O2S/c1-13(26)22-14-3-5-15(6-4-14)23-20(28)24-16-7-8-19(18(21)11-16)27-17-9-10-25(2)12-17/h3-8,11-12H,9-10H2,1-2H3,(H,22,26)(H2,23,24,28). The second kappa shape index (κ2) is 8.95. The van der Waals surface area contributed by atoms with Crippen LogP contribution in [0.25, 0.3) is 0 Å². The van der Waals surface area contributed by atoms with Crippen LogP contribution in [0.4, 0.5) is 17.1 Å². The van der Waals surface area contributed by atoms with Crippen LogP contribution in [-0.2, 0) is 4.79 Å². The molecule has 0 fully saturated rings. The van der Waals surface area contributed by atoms with Gasteiger partial charge in [0.15, 0.2) is 5.11 Å². The summed E-state index contributed by atoms with van der Waals surface area (Å²) in [5.41, 5.74) is 2.28. The lowest BCUT2D eigenvalue weighted by Gasteiger charge is -2.13. The van der Waals surface area contributed by atoms with Gasteiger partial charge in [-0.3, -0.25) is 4.79 Å². The van der Waals surface area contributed by atoms with Gasteiger partial charge in [-0.15, -0.1) is 0 Å². The Morgan fingerprint density at radius 3 is 2.25 bits per heavy atom. The Bertz CT molecular complexity index is 915. The zero-order chi connectivity index (χ0) is 20.1. The van der Waals surface area contributed by atoms with Crippen LogP contribution in [0.1, 0.15) is 13.3 Å². The molecule has 0 aromatic heterocycles. The lowest BCUT2D eigenvalue weighted by Crippen LogP contribution is -2.19. The summed E-state index contributed by atoms with van der Waals surface area (Å²) >= 11 is 11.7. The van der Waals surface area contributed by atoms with Crippen molar-refractivity contribution < 1.29 is 9.53 Å². The van der Waals surface area contributed by atoms with E-state index < -0.39 is 0 Å². The number of nitrogens with one attached hydrogen (secondary N) is 3. The summed E-state index contributed by atoms with van der Waals surface area (Å²) in [4.78, 5) is 13.1. The smallest absolute Gasteiger partial charge is 0.221 e. The number of carbonyl (C=O) groups excluding carboxylic acids is 1. The number of amides is 1. The Kier molecular flexibility index (Phi) is 6.38. The van der Waals surface area contributed by atoms with Crippen LogP contribution >= 0.6 is 23.8 Å². The van der Waals surface area contributed by atoms with Gasteiger partial charge in [-0.2, -0.15) is 0 Å². The van der Waals surface area contributed by atoms with Crippen LogP contribution in [0.3, 0.4) is 0 Å². The van der Waals surface area contributed by atoms with Gasteiger partial charge in [0.05, 0.1) is 5.02 Å². The van der Waals surface area contributed by atoms with Crippen molar-refractivity contribution in [2.45, 2.75) is 13.3 Å². The van der Waals surface area contributed by atoms with Crippen LogP contribution in [0, 0.1) is 0 Å². The van der Waals surface area contributed by atoms with Crippen molar-refractivity contribution in [3.63, 3.8) is 0 Å². The maximum Gasteiger partial charge on any atom is 0.221 e. The molecule has 3 N–H and O–H groups in total. The molecule has 0 atom stereocenters. The Morgan fingerprint density at radius 1 is 1.07 bits per heavy atom. The molecule has 2 aromatic carbocycles. The van der Waals surface area contributed by atoms with Gasteiger partial charge in [-0.1, -0.05) is 11.6 Å². The molecule has 28 heavy (non-hydrogen) atoms. The van der Waals surface area contributed by atoms with Crippen LogP contribution in [0.2, 0.25) is 5.02 Å². The minimum atomic E-state index is -0.113. The SMILES string of the molecule is CC(=O)Nc1ccc(NC(=S)Nc2ccc(OC3=CN(C)CC3)c(Cl)c2)cc1. The maximum atomic E-state index is 11.1. The van der Waals surface area contributed by atoms with Crippen molar-refractivity contribution in [3.05, 3.63) is 59.4 Å². The molecule has 2 aromatic rings. The number of ether oxygens (including phenoxy) is 1. The van der Waals surface area contributed by atoms with E-state index in [1.807, 2.05) is 37.5 Å². The number of hydrogen-bond donors (Lipinski definition) is 3. The Balaban J connectivity index is 1.57. The fourth-order valence-corrected chi connectivity index (χ4v) is 3.13. The first-order valence-electron chi connectivity index (χ1n) is 8.73. The number of hydrogen-bond acceptors (Lipinski definition) is 4. The van der Waals surface area contributed by atoms with E-state index in [4.69, 9.17) is 28.6 Å². The summed E-state index contributed by atoms with van der Waals surface area (Å²) in [5, 5.41) is 9.83. The minimum absolute atomic E-state index is 0.113.